The van der Waals surface area contributed by atoms with Gasteiger partial charge < -0.3 is 28.8 Å². The molecule has 32 heavy (non-hydrogen) atoms. The molecule has 0 saturated carbocycles. The molecule has 1 N–H and O–H groups in total. The SMILES string of the molecule is COc1ccc(NC(=O)COC(=O)c2ccc(OCc3c(C)noc3C)c(OC)c2)cc1. The van der Waals surface area contributed by atoms with Crippen LogP contribution < -0.4 is 19.5 Å². The molecular formula is C23H24N2O7. The van der Waals surface area contributed by atoms with Gasteiger partial charge in [-0.3, -0.25) is 4.79 Å². The Morgan fingerprint density at radius 2 is 1.75 bits per heavy atom. The van der Waals surface area contributed by atoms with E-state index in [1.807, 2.05) is 6.92 Å². The fourth-order valence-electron chi connectivity index (χ4n) is 2.86. The van der Waals surface area contributed by atoms with Crippen molar-refractivity contribution in [1.29, 1.82) is 0 Å². The summed E-state index contributed by atoms with van der Waals surface area (Å²) in [4.78, 5) is 24.4. The standard InChI is InChI=1S/C23H24N2O7/c1-14-19(15(2)32-25-14)12-30-20-10-5-16(11-21(20)29-4)23(27)31-13-22(26)24-17-6-8-18(28-3)9-7-17/h5-11H,12-13H2,1-4H3,(H,24,26). The van der Waals surface area contributed by atoms with Crippen molar-refractivity contribution in [2.45, 2.75) is 20.5 Å². The Kier molecular flexibility index (Phi) is 7.33. The molecule has 0 fully saturated rings. The minimum absolute atomic E-state index is 0.226. The molecule has 2 aromatic carbocycles. The predicted octanol–water partition coefficient (Wildman–Crippen LogP) is 3.68. The van der Waals surface area contributed by atoms with Crippen molar-refractivity contribution in [3.63, 3.8) is 0 Å². The summed E-state index contributed by atoms with van der Waals surface area (Å²) in [7, 11) is 3.02. The average Bonchev–Trinajstić information content (AvgIpc) is 3.13. The number of ether oxygens (including phenoxy) is 4. The lowest BCUT2D eigenvalue weighted by Gasteiger charge is -2.12. The average molecular weight is 440 g/mol. The maximum atomic E-state index is 12.4. The van der Waals surface area contributed by atoms with E-state index in [1.165, 1.54) is 19.2 Å². The topological polar surface area (TPSA) is 109 Å². The molecule has 0 atom stereocenters. The molecule has 1 amide bonds. The van der Waals surface area contributed by atoms with Gasteiger partial charge in [-0.25, -0.2) is 4.79 Å². The third kappa shape index (κ3) is 5.57. The van der Waals surface area contributed by atoms with E-state index in [0.29, 0.717) is 28.7 Å². The van der Waals surface area contributed by atoms with Gasteiger partial charge in [0.1, 0.15) is 18.1 Å². The first-order valence-electron chi connectivity index (χ1n) is 9.75. The van der Waals surface area contributed by atoms with Crippen LogP contribution in [0.15, 0.2) is 47.0 Å². The van der Waals surface area contributed by atoms with Gasteiger partial charge in [0.05, 0.1) is 31.0 Å². The second-order valence-corrected chi connectivity index (χ2v) is 6.81. The number of hydrogen-bond acceptors (Lipinski definition) is 8. The fourth-order valence-corrected chi connectivity index (χ4v) is 2.86. The van der Waals surface area contributed by atoms with Crippen LogP contribution in [-0.4, -0.2) is 37.9 Å². The zero-order chi connectivity index (χ0) is 23.1. The van der Waals surface area contributed by atoms with Crippen LogP contribution in [-0.2, 0) is 16.1 Å². The van der Waals surface area contributed by atoms with Gasteiger partial charge in [0.2, 0.25) is 0 Å². The second-order valence-electron chi connectivity index (χ2n) is 6.81. The molecule has 0 bridgehead atoms. The summed E-state index contributed by atoms with van der Waals surface area (Å²) in [5.74, 6) is 1.02. The zero-order valence-corrected chi connectivity index (χ0v) is 18.3. The number of anilines is 1. The number of rotatable bonds is 9. The van der Waals surface area contributed by atoms with Gasteiger partial charge in [-0.05, 0) is 56.3 Å². The van der Waals surface area contributed by atoms with Crippen LogP contribution in [0.2, 0.25) is 0 Å². The Balaban J connectivity index is 1.57. The molecular weight excluding hydrogens is 416 g/mol. The maximum absolute atomic E-state index is 12.4. The van der Waals surface area contributed by atoms with E-state index in [4.69, 9.17) is 23.5 Å². The van der Waals surface area contributed by atoms with Gasteiger partial charge in [0.15, 0.2) is 18.1 Å². The minimum atomic E-state index is -0.662. The lowest BCUT2D eigenvalue weighted by molar-refractivity contribution is -0.119. The molecule has 9 heteroatoms. The molecule has 168 valence electrons. The van der Waals surface area contributed by atoms with E-state index < -0.39 is 18.5 Å². The van der Waals surface area contributed by atoms with Crippen LogP contribution in [0.1, 0.15) is 27.4 Å². The quantitative estimate of drug-likeness (QED) is 0.502. The van der Waals surface area contributed by atoms with Crippen molar-refractivity contribution >= 4 is 17.6 Å². The predicted molar refractivity (Wildman–Crippen MR) is 115 cm³/mol. The Morgan fingerprint density at radius 1 is 1.00 bits per heavy atom. The molecule has 0 radical (unpaired) electrons. The molecule has 9 nitrogen and oxygen atoms in total. The third-order valence-corrected chi connectivity index (χ3v) is 4.66. The molecule has 0 saturated heterocycles. The number of carbonyl (C=O) groups excluding carboxylic acids is 2. The summed E-state index contributed by atoms with van der Waals surface area (Å²) < 4.78 is 26.4. The van der Waals surface area contributed by atoms with Crippen molar-refractivity contribution < 1.29 is 33.1 Å². The van der Waals surface area contributed by atoms with E-state index in [9.17, 15) is 9.59 Å². The first-order chi connectivity index (χ1) is 15.4. The summed E-state index contributed by atoms with van der Waals surface area (Å²) in [6.07, 6.45) is 0. The number of methoxy groups -OCH3 is 2. The van der Waals surface area contributed by atoms with Gasteiger partial charge in [0.25, 0.3) is 5.91 Å². The summed E-state index contributed by atoms with van der Waals surface area (Å²) >= 11 is 0. The molecule has 0 aliphatic heterocycles. The molecule has 1 aromatic heterocycles. The Bertz CT molecular complexity index is 1070. The molecule has 3 aromatic rings. The van der Waals surface area contributed by atoms with Crippen LogP contribution in [0.4, 0.5) is 5.69 Å². The summed E-state index contributed by atoms with van der Waals surface area (Å²) in [5.41, 5.74) is 2.38. The fraction of sp³-hybridized carbons (Fsp3) is 0.261. The van der Waals surface area contributed by atoms with Crippen LogP contribution in [0.25, 0.3) is 0 Å². The van der Waals surface area contributed by atoms with E-state index in [-0.39, 0.29) is 12.2 Å². The molecule has 0 aliphatic rings. The highest BCUT2D eigenvalue weighted by Crippen LogP contribution is 2.30. The Morgan fingerprint density at radius 3 is 2.38 bits per heavy atom. The van der Waals surface area contributed by atoms with Crippen molar-refractivity contribution in [1.82, 2.24) is 5.16 Å². The van der Waals surface area contributed by atoms with Gasteiger partial charge in [-0.1, -0.05) is 5.16 Å². The molecule has 3 rings (SSSR count). The van der Waals surface area contributed by atoms with E-state index in [2.05, 4.69) is 10.5 Å². The lowest BCUT2D eigenvalue weighted by Crippen LogP contribution is -2.20. The molecule has 0 aliphatic carbocycles. The summed E-state index contributed by atoms with van der Waals surface area (Å²) in [5, 5.41) is 6.53. The van der Waals surface area contributed by atoms with Crippen molar-refractivity contribution in [3.05, 3.63) is 65.0 Å². The van der Waals surface area contributed by atoms with E-state index in [1.54, 1.807) is 44.4 Å². The molecule has 0 spiro atoms. The molecule has 1 heterocycles. The normalized spacial score (nSPS) is 10.4. The number of amides is 1. The Labute approximate surface area is 185 Å². The number of aryl methyl sites for hydroxylation is 2. The summed E-state index contributed by atoms with van der Waals surface area (Å²) in [6.45, 7) is 3.44. The highest BCUT2D eigenvalue weighted by Gasteiger charge is 2.16. The van der Waals surface area contributed by atoms with Gasteiger partial charge in [-0.2, -0.15) is 0 Å². The second kappa shape index (κ2) is 10.3. The number of aromatic nitrogens is 1. The first-order valence-corrected chi connectivity index (χ1v) is 9.75. The van der Waals surface area contributed by atoms with Crippen molar-refractivity contribution in [2.75, 3.05) is 26.1 Å². The van der Waals surface area contributed by atoms with Gasteiger partial charge >= 0.3 is 5.97 Å². The number of hydrogen-bond donors (Lipinski definition) is 1. The first kappa shape index (κ1) is 22.7. The number of carbonyl (C=O) groups is 2. The van der Waals surface area contributed by atoms with E-state index in [0.717, 1.165) is 11.3 Å². The van der Waals surface area contributed by atoms with Crippen LogP contribution >= 0.6 is 0 Å². The number of esters is 1. The highest BCUT2D eigenvalue weighted by atomic mass is 16.5. The monoisotopic (exact) mass is 440 g/mol. The third-order valence-electron chi connectivity index (χ3n) is 4.66. The Hall–Kier alpha value is -4.01. The molecule has 0 unspecified atom stereocenters. The highest BCUT2D eigenvalue weighted by molar-refractivity contribution is 5.95. The van der Waals surface area contributed by atoms with Crippen molar-refractivity contribution in [3.8, 4) is 17.2 Å². The number of nitrogens with one attached hydrogen (secondary N) is 1. The smallest absolute Gasteiger partial charge is 0.338 e. The van der Waals surface area contributed by atoms with Crippen LogP contribution in [0.3, 0.4) is 0 Å². The minimum Gasteiger partial charge on any atom is -0.497 e. The van der Waals surface area contributed by atoms with Gasteiger partial charge in [-0.15, -0.1) is 0 Å². The van der Waals surface area contributed by atoms with E-state index >= 15 is 0 Å². The van der Waals surface area contributed by atoms with Crippen LogP contribution in [0, 0.1) is 13.8 Å². The largest absolute Gasteiger partial charge is 0.497 e. The number of nitrogens with zero attached hydrogens (tertiary/aromatic N) is 1. The zero-order valence-electron chi connectivity index (χ0n) is 18.3. The maximum Gasteiger partial charge on any atom is 0.338 e. The van der Waals surface area contributed by atoms with Gasteiger partial charge in [0, 0.05) is 5.69 Å². The van der Waals surface area contributed by atoms with Crippen LogP contribution in [0.5, 0.6) is 17.2 Å². The van der Waals surface area contributed by atoms with Crippen molar-refractivity contribution in [2.24, 2.45) is 0 Å². The number of benzene rings is 2. The lowest BCUT2D eigenvalue weighted by atomic mass is 10.2. The summed E-state index contributed by atoms with van der Waals surface area (Å²) in [6, 6.07) is 11.4.